The number of hydrogen-bond donors (Lipinski definition) is 0. The van der Waals surface area contributed by atoms with E-state index in [1.807, 2.05) is 29.2 Å². The van der Waals surface area contributed by atoms with Gasteiger partial charge in [-0.25, -0.2) is 0 Å². The summed E-state index contributed by atoms with van der Waals surface area (Å²) in [7, 11) is 0. The highest BCUT2D eigenvalue weighted by molar-refractivity contribution is 5.79. The highest BCUT2D eigenvalue weighted by atomic mass is 16.7. The Labute approximate surface area is 236 Å². The minimum Gasteiger partial charge on any atom is -0.483 e. The molecule has 0 unspecified atom stereocenters. The van der Waals surface area contributed by atoms with E-state index in [4.69, 9.17) is 18.9 Å². The molecule has 0 bridgehead atoms. The summed E-state index contributed by atoms with van der Waals surface area (Å²) in [6.45, 7) is 6.26. The lowest BCUT2D eigenvalue weighted by molar-refractivity contribution is -0.134. The van der Waals surface area contributed by atoms with Crippen LogP contribution in [0.3, 0.4) is 0 Å². The van der Waals surface area contributed by atoms with Crippen LogP contribution in [0.2, 0.25) is 0 Å². The lowest BCUT2D eigenvalue weighted by Crippen LogP contribution is -2.41. The van der Waals surface area contributed by atoms with Gasteiger partial charge in [-0.3, -0.25) is 9.69 Å². The SMILES string of the molecule is O=C(COc1ccccc1-c1ccccc1CN1CCOCC1)N1CCC(CCc2ccc3c(c2)OCO3)CC1. The Hall–Kier alpha value is -3.55. The van der Waals surface area contributed by atoms with Gasteiger partial charge >= 0.3 is 0 Å². The number of hydrogen-bond acceptors (Lipinski definition) is 6. The third kappa shape index (κ3) is 6.43. The van der Waals surface area contributed by atoms with Crippen molar-refractivity contribution in [2.75, 3.05) is 52.8 Å². The van der Waals surface area contributed by atoms with Crippen LogP contribution in [0.1, 0.15) is 30.4 Å². The van der Waals surface area contributed by atoms with Crippen molar-refractivity contribution in [2.24, 2.45) is 5.92 Å². The number of morpholine rings is 1. The van der Waals surface area contributed by atoms with Gasteiger partial charge < -0.3 is 23.8 Å². The maximum Gasteiger partial charge on any atom is 0.260 e. The molecule has 0 spiro atoms. The quantitative estimate of drug-likeness (QED) is 0.372. The van der Waals surface area contributed by atoms with Crippen LogP contribution in [0, 0.1) is 5.92 Å². The van der Waals surface area contributed by atoms with Crippen molar-refractivity contribution in [3.8, 4) is 28.4 Å². The van der Waals surface area contributed by atoms with Crippen LogP contribution in [0.25, 0.3) is 11.1 Å². The maximum absolute atomic E-state index is 13.1. The number of carbonyl (C=O) groups excluding carboxylic acids is 1. The van der Waals surface area contributed by atoms with Gasteiger partial charge in [-0.05, 0) is 66.5 Å². The number of rotatable bonds is 9. The topological polar surface area (TPSA) is 60.5 Å². The summed E-state index contributed by atoms with van der Waals surface area (Å²) in [5.74, 6) is 3.12. The molecule has 0 radical (unpaired) electrons. The molecule has 210 valence electrons. The van der Waals surface area contributed by atoms with Crippen molar-refractivity contribution < 1.29 is 23.7 Å². The summed E-state index contributed by atoms with van der Waals surface area (Å²) in [4.78, 5) is 17.5. The summed E-state index contributed by atoms with van der Waals surface area (Å²) in [5, 5.41) is 0. The number of benzene rings is 3. The Balaban J connectivity index is 1.01. The normalized spacial score (nSPS) is 17.6. The first-order valence-electron chi connectivity index (χ1n) is 14.5. The summed E-state index contributed by atoms with van der Waals surface area (Å²) in [5.41, 5.74) is 4.72. The first-order chi connectivity index (χ1) is 19.7. The first kappa shape index (κ1) is 26.7. The Bertz CT molecular complexity index is 1300. The Kier molecular flexibility index (Phi) is 8.50. The summed E-state index contributed by atoms with van der Waals surface area (Å²) in [6, 6.07) is 22.8. The van der Waals surface area contributed by atoms with Gasteiger partial charge in [0.2, 0.25) is 6.79 Å². The third-order valence-electron chi connectivity index (χ3n) is 8.29. The van der Waals surface area contributed by atoms with E-state index in [1.165, 1.54) is 11.1 Å². The van der Waals surface area contributed by atoms with E-state index in [0.29, 0.717) is 12.7 Å². The van der Waals surface area contributed by atoms with Gasteiger partial charge in [0, 0.05) is 38.3 Å². The molecule has 3 aromatic rings. The molecule has 3 aromatic carbocycles. The number of piperidine rings is 1. The fraction of sp³-hybridized carbons (Fsp3) is 0.424. The molecular weight excluding hydrogens is 504 g/mol. The predicted octanol–water partition coefficient (Wildman–Crippen LogP) is 5.16. The van der Waals surface area contributed by atoms with Crippen molar-refractivity contribution in [3.63, 3.8) is 0 Å². The molecular formula is C33H38N2O5. The molecule has 3 heterocycles. The van der Waals surface area contributed by atoms with E-state index in [0.717, 1.165) is 100.0 Å². The van der Waals surface area contributed by atoms with E-state index in [-0.39, 0.29) is 12.5 Å². The van der Waals surface area contributed by atoms with E-state index in [1.54, 1.807) is 0 Å². The van der Waals surface area contributed by atoms with Gasteiger partial charge in [0.1, 0.15) is 5.75 Å². The van der Waals surface area contributed by atoms with Gasteiger partial charge in [0.15, 0.2) is 18.1 Å². The molecule has 0 aliphatic carbocycles. The maximum atomic E-state index is 13.1. The molecule has 2 fully saturated rings. The van der Waals surface area contributed by atoms with Crippen LogP contribution >= 0.6 is 0 Å². The third-order valence-corrected chi connectivity index (χ3v) is 8.29. The van der Waals surface area contributed by atoms with Crippen LogP contribution in [-0.4, -0.2) is 68.5 Å². The molecule has 0 aromatic heterocycles. The second-order valence-electron chi connectivity index (χ2n) is 10.9. The monoisotopic (exact) mass is 542 g/mol. The van der Waals surface area contributed by atoms with E-state index < -0.39 is 0 Å². The number of ether oxygens (including phenoxy) is 4. The van der Waals surface area contributed by atoms with Crippen LogP contribution < -0.4 is 14.2 Å². The van der Waals surface area contributed by atoms with Crippen molar-refractivity contribution >= 4 is 5.91 Å². The van der Waals surface area contributed by atoms with Gasteiger partial charge in [-0.15, -0.1) is 0 Å². The summed E-state index contributed by atoms with van der Waals surface area (Å²) >= 11 is 0. The zero-order valence-electron chi connectivity index (χ0n) is 23.1. The van der Waals surface area contributed by atoms with E-state index >= 15 is 0 Å². The van der Waals surface area contributed by atoms with Crippen molar-refractivity contribution in [2.45, 2.75) is 32.2 Å². The number of para-hydroxylation sites is 1. The molecule has 0 N–H and O–H groups in total. The molecule has 6 rings (SSSR count). The largest absolute Gasteiger partial charge is 0.483 e. The fourth-order valence-electron chi connectivity index (χ4n) is 5.91. The zero-order chi connectivity index (χ0) is 27.1. The lowest BCUT2D eigenvalue weighted by atomic mass is 9.90. The van der Waals surface area contributed by atoms with Crippen molar-refractivity contribution in [3.05, 3.63) is 77.9 Å². The summed E-state index contributed by atoms with van der Waals surface area (Å²) < 4.78 is 22.6. The summed E-state index contributed by atoms with van der Waals surface area (Å²) in [6.07, 6.45) is 4.20. The zero-order valence-corrected chi connectivity index (χ0v) is 23.1. The Morgan fingerprint density at radius 3 is 2.45 bits per heavy atom. The number of nitrogens with zero attached hydrogens (tertiary/aromatic N) is 2. The van der Waals surface area contributed by atoms with Crippen LogP contribution in [0.15, 0.2) is 66.7 Å². The number of likely N-dealkylation sites (tertiary alicyclic amines) is 1. The fourth-order valence-corrected chi connectivity index (χ4v) is 5.91. The molecule has 3 aliphatic rings. The second kappa shape index (κ2) is 12.7. The number of aryl methyl sites for hydroxylation is 1. The highest BCUT2D eigenvalue weighted by Gasteiger charge is 2.24. The Morgan fingerprint density at radius 1 is 0.850 bits per heavy atom. The second-order valence-corrected chi connectivity index (χ2v) is 10.9. The minimum absolute atomic E-state index is 0.0600. The molecule has 0 saturated carbocycles. The molecule has 7 heteroatoms. The number of amides is 1. The smallest absolute Gasteiger partial charge is 0.260 e. The number of fused-ring (bicyclic) bond motifs is 1. The predicted molar refractivity (Wildman–Crippen MR) is 154 cm³/mol. The van der Waals surface area contributed by atoms with Gasteiger partial charge in [0.05, 0.1) is 13.2 Å². The lowest BCUT2D eigenvalue weighted by Gasteiger charge is -2.32. The van der Waals surface area contributed by atoms with Crippen LogP contribution in [-0.2, 0) is 22.5 Å². The number of carbonyl (C=O) groups is 1. The van der Waals surface area contributed by atoms with Gasteiger partial charge in [0.25, 0.3) is 5.91 Å². The average Bonchev–Trinajstić information content (AvgIpc) is 3.48. The minimum atomic E-state index is 0.0600. The van der Waals surface area contributed by atoms with Gasteiger partial charge in [-0.1, -0.05) is 48.5 Å². The molecule has 2 saturated heterocycles. The van der Waals surface area contributed by atoms with Crippen molar-refractivity contribution in [1.82, 2.24) is 9.80 Å². The standard InChI is InChI=1S/C33H38N2O5/c36-33(35-15-13-25(14-16-35)9-10-26-11-12-31-32(21-26)40-24-39-31)23-38-30-8-4-3-7-29(30)28-6-2-1-5-27(28)22-34-17-19-37-20-18-34/h1-8,11-12,21,25H,9-10,13-20,22-24H2. The molecule has 0 atom stereocenters. The molecule has 40 heavy (non-hydrogen) atoms. The molecule has 3 aliphatic heterocycles. The van der Waals surface area contributed by atoms with E-state index in [2.05, 4.69) is 47.4 Å². The van der Waals surface area contributed by atoms with Crippen LogP contribution in [0.4, 0.5) is 0 Å². The molecule has 7 nitrogen and oxygen atoms in total. The Morgan fingerprint density at radius 2 is 1.60 bits per heavy atom. The van der Waals surface area contributed by atoms with E-state index in [9.17, 15) is 4.79 Å². The van der Waals surface area contributed by atoms with Crippen LogP contribution in [0.5, 0.6) is 17.2 Å². The van der Waals surface area contributed by atoms with Gasteiger partial charge in [-0.2, -0.15) is 0 Å². The highest BCUT2D eigenvalue weighted by Crippen LogP contribution is 2.35. The average molecular weight is 543 g/mol. The van der Waals surface area contributed by atoms with Crippen molar-refractivity contribution in [1.29, 1.82) is 0 Å². The molecule has 1 amide bonds. The first-order valence-corrected chi connectivity index (χ1v) is 14.5.